The summed E-state index contributed by atoms with van der Waals surface area (Å²) in [6, 6.07) is 4.19. The number of urea groups is 1. The number of benzene rings is 1. The summed E-state index contributed by atoms with van der Waals surface area (Å²) in [5, 5.41) is 0.541. The van der Waals surface area contributed by atoms with Gasteiger partial charge in [0.1, 0.15) is 0 Å². The van der Waals surface area contributed by atoms with E-state index in [0.29, 0.717) is 39.4 Å². The van der Waals surface area contributed by atoms with Gasteiger partial charge in [0.2, 0.25) is 10.0 Å². The molecule has 2 aliphatic heterocycles. The molecule has 0 unspecified atom stereocenters. The van der Waals surface area contributed by atoms with Crippen LogP contribution < -0.4 is 0 Å². The predicted octanol–water partition coefficient (Wildman–Crippen LogP) is 1.75. The molecule has 7 nitrogen and oxygen atoms in total. The largest absolute Gasteiger partial charge is 0.378 e. The summed E-state index contributed by atoms with van der Waals surface area (Å²) in [6.45, 7) is 3.39. The number of rotatable bonds is 2. The molecule has 138 valence electrons. The minimum Gasteiger partial charge on any atom is -0.378 e. The van der Waals surface area contributed by atoms with Crippen LogP contribution in [0.2, 0.25) is 10.0 Å². The van der Waals surface area contributed by atoms with Crippen molar-refractivity contribution in [1.29, 1.82) is 0 Å². The third-order valence-electron chi connectivity index (χ3n) is 4.26. The van der Waals surface area contributed by atoms with Gasteiger partial charge in [-0.25, -0.2) is 13.2 Å². The van der Waals surface area contributed by atoms with Crippen LogP contribution in [0.1, 0.15) is 0 Å². The fourth-order valence-electron chi connectivity index (χ4n) is 2.90. The fourth-order valence-corrected chi connectivity index (χ4v) is 5.05. The van der Waals surface area contributed by atoms with E-state index in [1.54, 1.807) is 9.80 Å². The maximum atomic E-state index is 12.7. The molecule has 0 N–H and O–H groups in total. The van der Waals surface area contributed by atoms with Crippen LogP contribution in [0.15, 0.2) is 23.1 Å². The number of piperazine rings is 1. The molecule has 3 rings (SSSR count). The molecule has 25 heavy (non-hydrogen) atoms. The number of nitrogens with zero attached hydrogens (tertiary/aromatic N) is 3. The van der Waals surface area contributed by atoms with Crippen molar-refractivity contribution in [1.82, 2.24) is 14.1 Å². The summed E-state index contributed by atoms with van der Waals surface area (Å²) in [6.07, 6.45) is 0. The van der Waals surface area contributed by atoms with Gasteiger partial charge in [-0.2, -0.15) is 4.31 Å². The van der Waals surface area contributed by atoms with Crippen molar-refractivity contribution in [2.45, 2.75) is 4.90 Å². The second kappa shape index (κ2) is 7.67. The van der Waals surface area contributed by atoms with Gasteiger partial charge < -0.3 is 14.5 Å². The predicted molar refractivity (Wildman–Crippen MR) is 94.6 cm³/mol. The van der Waals surface area contributed by atoms with E-state index in [4.69, 9.17) is 27.9 Å². The standard InChI is InChI=1S/C15H19Cl2N3O4S/c16-12-9-13(17)11-14(10-12)25(22,23)20-3-1-18(2-4-20)15(21)19-5-7-24-8-6-19/h9-11H,1-8H2. The minimum absolute atomic E-state index is 0.0638. The van der Waals surface area contributed by atoms with Crippen molar-refractivity contribution in [3.8, 4) is 0 Å². The van der Waals surface area contributed by atoms with E-state index >= 15 is 0 Å². The molecule has 0 atom stereocenters. The molecule has 2 amide bonds. The second-order valence-electron chi connectivity index (χ2n) is 5.88. The van der Waals surface area contributed by atoms with Crippen molar-refractivity contribution in [2.75, 3.05) is 52.5 Å². The Labute approximate surface area is 157 Å². The Balaban J connectivity index is 1.65. The molecule has 0 spiro atoms. The molecule has 2 aliphatic rings. The van der Waals surface area contributed by atoms with Crippen LogP contribution >= 0.6 is 23.2 Å². The van der Waals surface area contributed by atoms with Gasteiger partial charge in [-0.3, -0.25) is 0 Å². The lowest BCUT2D eigenvalue weighted by molar-refractivity contribution is 0.0405. The first-order valence-electron chi connectivity index (χ1n) is 7.96. The highest BCUT2D eigenvalue weighted by atomic mass is 35.5. The molecule has 1 aromatic carbocycles. The highest BCUT2D eigenvalue weighted by molar-refractivity contribution is 7.89. The van der Waals surface area contributed by atoms with Gasteiger partial charge >= 0.3 is 6.03 Å². The maximum absolute atomic E-state index is 12.7. The Bertz CT molecular complexity index is 725. The second-order valence-corrected chi connectivity index (χ2v) is 8.69. The van der Waals surface area contributed by atoms with Crippen LogP contribution in [-0.4, -0.2) is 81.0 Å². The summed E-state index contributed by atoms with van der Waals surface area (Å²) in [5.41, 5.74) is 0. The van der Waals surface area contributed by atoms with Crippen molar-refractivity contribution < 1.29 is 17.9 Å². The van der Waals surface area contributed by atoms with Crippen LogP contribution in [0.4, 0.5) is 4.79 Å². The highest BCUT2D eigenvalue weighted by Crippen LogP contribution is 2.25. The molecule has 0 bridgehead atoms. The summed E-state index contributed by atoms with van der Waals surface area (Å²) in [5.74, 6) is 0. The fraction of sp³-hybridized carbons (Fsp3) is 0.533. The maximum Gasteiger partial charge on any atom is 0.320 e. The molecule has 0 saturated carbocycles. The number of morpholine rings is 1. The number of hydrogen-bond donors (Lipinski definition) is 0. The lowest BCUT2D eigenvalue weighted by Gasteiger charge is -2.38. The number of amides is 2. The van der Waals surface area contributed by atoms with Gasteiger partial charge in [0, 0.05) is 49.3 Å². The lowest BCUT2D eigenvalue weighted by atomic mass is 10.3. The summed E-state index contributed by atoms with van der Waals surface area (Å²) >= 11 is 11.8. The normalized spacial score (nSPS) is 19.9. The average Bonchev–Trinajstić information content (AvgIpc) is 2.61. The van der Waals surface area contributed by atoms with Gasteiger partial charge in [0.15, 0.2) is 0 Å². The topological polar surface area (TPSA) is 70.2 Å². The zero-order valence-corrected chi connectivity index (χ0v) is 15.9. The molecule has 2 saturated heterocycles. The number of carbonyl (C=O) groups is 1. The zero-order valence-electron chi connectivity index (χ0n) is 13.5. The monoisotopic (exact) mass is 407 g/mol. The number of ether oxygens (including phenoxy) is 1. The van der Waals surface area contributed by atoms with E-state index in [9.17, 15) is 13.2 Å². The van der Waals surface area contributed by atoms with E-state index in [-0.39, 0.29) is 34.1 Å². The summed E-state index contributed by atoms with van der Waals surface area (Å²) in [7, 11) is -3.69. The SMILES string of the molecule is O=C(N1CCOCC1)N1CCN(S(=O)(=O)c2cc(Cl)cc(Cl)c2)CC1. The van der Waals surface area contributed by atoms with Crippen molar-refractivity contribution >= 4 is 39.3 Å². The van der Waals surface area contributed by atoms with Gasteiger partial charge in [-0.1, -0.05) is 23.2 Å². The first kappa shape index (κ1) is 18.7. The quantitative estimate of drug-likeness (QED) is 0.748. The van der Waals surface area contributed by atoms with E-state index < -0.39 is 10.0 Å². The number of hydrogen-bond acceptors (Lipinski definition) is 4. The number of carbonyl (C=O) groups excluding carboxylic acids is 1. The van der Waals surface area contributed by atoms with Gasteiger partial charge in [-0.15, -0.1) is 0 Å². The Morgan fingerprint density at radius 1 is 0.880 bits per heavy atom. The Morgan fingerprint density at radius 3 is 1.96 bits per heavy atom. The van der Waals surface area contributed by atoms with Crippen LogP contribution in [0.3, 0.4) is 0 Å². The molecule has 0 radical (unpaired) electrons. The first-order valence-corrected chi connectivity index (χ1v) is 10.2. The van der Waals surface area contributed by atoms with Crippen LogP contribution in [0.25, 0.3) is 0 Å². The van der Waals surface area contributed by atoms with Gasteiger partial charge in [0.05, 0.1) is 18.1 Å². The average molecular weight is 408 g/mol. The van der Waals surface area contributed by atoms with E-state index in [1.165, 1.54) is 22.5 Å². The molecular weight excluding hydrogens is 389 g/mol. The van der Waals surface area contributed by atoms with Gasteiger partial charge in [-0.05, 0) is 18.2 Å². The minimum atomic E-state index is -3.69. The summed E-state index contributed by atoms with van der Waals surface area (Å²) in [4.78, 5) is 16.0. The third-order valence-corrected chi connectivity index (χ3v) is 6.58. The van der Waals surface area contributed by atoms with Crippen molar-refractivity contribution in [3.63, 3.8) is 0 Å². The Kier molecular flexibility index (Phi) is 5.75. The zero-order chi connectivity index (χ0) is 18.0. The number of halogens is 2. The van der Waals surface area contributed by atoms with E-state index in [2.05, 4.69) is 0 Å². The first-order chi connectivity index (χ1) is 11.9. The smallest absolute Gasteiger partial charge is 0.320 e. The van der Waals surface area contributed by atoms with E-state index in [0.717, 1.165) is 0 Å². The molecule has 0 aliphatic carbocycles. The van der Waals surface area contributed by atoms with Crippen molar-refractivity contribution in [3.05, 3.63) is 28.2 Å². The van der Waals surface area contributed by atoms with Crippen molar-refractivity contribution in [2.24, 2.45) is 0 Å². The Hall–Kier alpha value is -1.06. The molecule has 10 heteroatoms. The molecule has 1 aromatic rings. The lowest BCUT2D eigenvalue weighted by Crippen LogP contribution is -2.55. The summed E-state index contributed by atoms with van der Waals surface area (Å²) < 4.78 is 32.1. The van der Waals surface area contributed by atoms with Crippen LogP contribution in [0, 0.1) is 0 Å². The molecule has 0 aromatic heterocycles. The molecule has 2 heterocycles. The third kappa shape index (κ3) is 4.20. The van der Waals surface area contributed by atoms with Crippen LogP contribution in [0.5, 0.6) is 0 Å². The number of sulfonamides is 1. The van der Waals surface area contributed by atoms with Crippen LogP contribution in [-0.2, 0) is 14.8 Å². The van der Waals surface area contributed by atoms with E-state index in [1.807, 2.05) is 0 Å². The highest BCUT2D eigenvalue weighted by Gasteiger charge is 2.32. The van der Waals surface area contributed by atoms with Gasteiger partial charge in [0.25, 0.3) is 0 Å². The molecule has 2 fully saturated rings. The molecular formula is C15H19Cl2N3O4S. The Morgan fingerprint density at radius 2 is 1.40 bits per heavy atom.